The number of ether oxygens (including phenoxy) is 1. The second-order valence-corrected chi connectivity index (χ2v) is 7.66. The van der Waals surface area contributed by atoms with Gasteiger partial charge in [0, 0.05) is 30.8 Å². The monoisotopic (exact) mass is 371 g/mol. The Morgan fingerprint density at radius 1 is 1.19 bits per heavy atom. The van der Waals surface area contributed by atoms with E-state index < -0.39 is 5.60 Å². The second-order valence-electron chi connectivity index (χ2n) is 7.66. The van der Waals surface area contributed by atoms with Gasteiger partial charge < -0.3 is 19.5 Å². The van der Waals surface area contributed by atoms with E-state index in [0.717, 1.165) is 5.56 Å². The Hall–Kier alpha value is -2.83. The summed E-state index contributed by atoms with van der Waals surface area (Å²) in [6.45, 7) is 6.64. The summed E-state index contributed by atoms with van der Waals surface area (Å²) in [5, 5.41) is 6.84. The topological polar surface area (TPSA) is 84.7 Å². The van der Waals surface area contributed by atoms with Crippen molar-refractivity contribution in [1.29, 1.82) is 0 Å². The summed E-state index contributed by atoms with van der Waals surface area (Å²) in [6, 6.07) is 11.1. The van der Waals surface area contributed by atoms with Gasteiger partial charge in [0.05, 0.1) is 0 Å². The predicted molar refractivity (Wildman–Crippen MR) is 100 cm³/mol. The Balaban J connectivity index is 1.51. The van der Waals surface area contributed by atoms with Crippen LogP contribution in [-0.2, 0) is 4.74 Å². The molecule has 7 heteroatoms. The molecule has 27 heavy (non-hydrogen) atoms. The molecule has 7 nitrogen and oxygen atoms in total. The van der Waals surface area contributed by atoms with E-state index in [1.807, 2.05) is 51.1 Å². The molecule has 0 aliphatic carbocycles. The first-order valence-corrected chi connectivity index (χ1v) is 9.13. The molecular formula is C20H25N3O4. The Morgan fingerprint density at radius 2 is 1.85 bits per heavy atom. The van der Waals surface area contributed by atoms with E-state index in [9.17, 15) is 9.59 Å². The van der Waals surface area contributed by atoms with E-state index in [1.165, 1.54) is 0 Å². The van der Waals surface area contributed by atoms with Gasteiger partial charge in [-0.2, -0.15) is 0 Å². The van der Waals surface area contributed by atoms with Crippen LogP contribution in [0.4, 0.5) is 4.79 Å². The molecule has 1 saturated heterocycles. The number of nitrogens with zero attached hydrogens (tertiary/aromatic N) is 2. The SMILES string of the molecule is CC(C)(C)OC(=O)N1CCC(NC(=O)c2cc(-c3ccccc3)on2)CC1. The second kappa shape index (κ2) is 7.82. The summed E-state index contributed by atoms with van der Waals surface area (Å²) < 4.78 is 10.7. The van der Waals surface area contributed by atoms with E-state index in [-0.39, 0.29) is 23.7 Å². The fourth-order valence-electron chi connectivity index (χ4n) is 2.91. The van der Waals surface area contributed by atoms with Crippen LogP contribution in [-0.4, -0.2) is 46.8 Å². The lowest BCUT2D eigenvalue weighted by Gasteiger charge is -2.33. The maximum Gasteiger partial charge on any atom is 0.410 e. The van der Waals surface area contributed by atoms with Crippen LogP contribution in [0.5, 0.6) is 0 Å². The van der Waals surface area contributed by atoms with Crippen molar-refractivity contribution in [3.63, 3.8) is 0 Å². The molecule has 144 valence electrons. The van der Waals surface area contributed by atoms with Crippen molar-refractivity contribution in [2.75, 3.05) is 13.1 Å². The number of piperidine rings is 1. The first-order valence-electron chi connectivity index (χ1n) is 9.13. The number of nitrogens with one attached hydrogen (secondary N) is 1. The number of carbonyl (C=O) groups excluding carboxylic acids is 2. The lowest BCUT2D eigenvalue weighted by atomic mass is 10.1. The molecule has 0 radical (unpaired) electrons. The van der Waals surface area contributed by atoms with Crippen molar-refractivity contribution in [1.82, 2.24) is 15.4 Å². The van der Waals surface area contributed by atoms with Crippen LogP contribution in [0.3, 0.4) is 0 Å². The predicted octanol–water partition coefficient (Wildman–Crippen LogP) is 3.47. The fraction of sp³-hybridized carbons (Fsp3) is 0.450. The largest absolute Gasteiger partial charge is 0.444 e. The van der Waals surface area contributed by atoms with E-state index in [4.69, 9.17) is 9.26 Å². The van der Waals surface area contributed by atoms with Crippen LogP contribution in [0.2, 0.25) is 0 Å². The zero-order valence-electron chi connectivity index (χ0n) is 15.9. The van der Waals surface area contributed by atoms with Crippen LogP contribution < -0.4 is 5.32 Å². The van der Waals surface area contributed by atoms with Crippen LogP contribution in [0.1, 0.15) is 44.1 Å². The van der Waals surface area contributed by atoms with Gasteiger partial charge in [0.25, 0.3) is 5.91 Å². The highest BCUT2D eigenvalue weighted by Gasteiger charge is 2.28. The van der Waals surface area contributed by atoms with Gasteiger partial charge >= 0.3 is 6.09 Å². The van der Waals surface area contributed by atoms with E-state index in [1.54, 1.807) is 11.0 Å². The molecule has 1 fully saturated rings. The molecule has 0 spiro atoms. The Kier molecular flexibility index (Phi) is 5.48. The van der Waals surface area contributed by atoms with Gasteiger partial charge in [0.15, 0.2) is 11.5 Å². The van der Waals surface area contributed by atoms with Gasteiger partial charge in [-0.15, -0.1) is 0 Å². The number of hydrogen-bond donors (Lipinski definition) is 1. The van der Waals surface area contributed by atoms with Gasteiger partial charge in [0.1, 0.15) is 5.60 Å². The molecule has 3 rings (SSSR count). The normalized spacial score (nSPS) is 15.4. The van der Waals surface area contributed by atoms with Crippen LogP contribution in [0, 0.1) is 0 Å². The van der Waals surface area contributed by atoms with Crippen molar-refractivity contribution < 1.29 is 18.8 Å². The molecule has 2 heterocycles. The van der Waals surface area contributed by atoms with Gasteiger partial charge in [-0.25, -0.2) is 4.79 Å². The quantitative estimate of drug-likeness (QED) is 0.893. The number of carbonyl (C=O) groups is 2. The van der Waals surface area contributed by atoms with Gasteiger partial charge in [-0.05, 0) is 33.6 Å². The van der Waals surface area contributed by atoms with Crippen molar-refractivity contribution in [2.24, 2.45) is 0 Å². The third-order valence-corrected chi connectivity index (χ3v) is 4.28. The third kappa shape index (κ3) is 5.09. The molecule has 0 bridgehead atoms. The summed E-state index contributed by atoms with van der Waals surface area (Å²) >= 11 is 0. The zero-order valence-corrected chi connectivity index (χ0v) is 15.9. The minimum Gasteiger partial charge on any atom is -0.444 e. The minimum absolute atomic E-state index is 0.00642. The first-order chi connectivity index (χ1) is 12.8. The van der Waals surface area contributed by atoms with Crippen LogP contribution >= 0.6 is 0 Å². The number of aromatic nitrogens is 1. The van der Waals surface area contributed by atoms with E-state index in [2.05, 4.69) is 10.5 Å². The summed E-state index contributed by atoms with van der Waals surface area (Å²) in [6.07, 6.45) is 1.04. The molecular weight excluding hydrogens is 346 g/mol. The van der Waals surface area contributed by atoms with Crippen molar-refractivity contribution >= 4 is 12.0 Å². The van der Waals surface area contributed by atoms with Gasteiger partial charge in [-0.1, -0.05) is 35.5 Å². The number of hydrogen-bond acceptors (Lipinski definition) is 5. The molecule has 1 aromatic carbocycles. The van der Waals surface area contributed by atoms with Gasteiger partial charge in [0.2, 0.25) is 0 Å². The molecule has 2 amide bonds. The van der Waals surface area contributed by atoms with Crippen molar-refractivity contribution in [2.45, 2.75) is 45.3 Å². The van der Waals surface area contributed by atoms with Crippen molar-refractivity contribution in [3.05, 3.63) is 42.1 Å². The van der Waals surface area contributed by atoms with E-state index in [0.29, 0.717) is 31.7 Å². The maximum absolute atomic E-state index is 12.4. The zero-order chi connectivity index (χ0) is 19.4. The van der Waals surface area contributed by atoms with Crippen LogP contribution in [0.15, 0.2) is 40.9 Å². The lowest BCUT2D eigenvalue weighted by Crippen LogP contribution is -2.47. The number of rotatable bonds is 3. The Bertz CT molecular complexity index is 787. The molecule has 2 aromatic rings. The fourth-order valence-corrected chi connectivity index (χ4v) is 2.91. The maximum atomic E-state index is 12.4. The summed E-state index contributed by atoms with van der Waals surface area (Å²) in [5.41, 5.74) is 0.615. The highest BCUT2D eigenvalue weighted by atomic mass is 16.6. The lowest BCUT2D eigenvalue weighted by molar-refractivity contribution is 0.0199. The molecule has 1 N–H and O–H groups in total. The summed E-state index contributed by atoms with van der Waals surface area (Å²) in [7, 11) is 0. The first kappa shape index (κ1) is 18.9. The molecule has 0 unspecified atom stereocenters. The minimum atomic E-state index is -0.508. The number of amides is 2. The molecule has 0 saturated carbocycles. The Morgan fingerprint density at radius 3 is 2.48 bits per heavy atom. The third-order valence-electron chi connectivity index (χ3n) is 4.28. The standard InChI is InChI=1S/C20H25N3O4/c1-20(2,3)26-19(25)23-11-9-15(10-12-23)21-18(24)16-13-17(27-22-16)14-7-5-4-6-8-14/h4-8,13,15H,9-12H2,1-3H3,(H,21,24). The molecule has 1 aromatic heterocycles. The highest BCUT2D eigenvalue weighted by Crippen LogP contribution is 2.20. The number of likely N-dealkylation sites (tertiary alicyclic amines) is 1. The van der Waals surface area contributed by atoms with Crippen LogP contribution in [0.25, 0.3) is 11.3 Å². The van der Waals surface area contributed by atoms with Gasteiger partial charge in [-0.3, -0.25) is 4.79 Å². The highest BCUT2D eigenvalue weighted by molar-refractivity contribution is 5.93. The number of benzene rings is 1. The molecule has 1 aliphatic heterocycles. The average molecular weight is 371 g/mol. The average Bonchev–Trinajstić information content (AvgIpc) is 3.12. The van der Waals surface area contributed by atoms with E-state index >= 15 is 0 Å². The summed E-state index contributed by atoms with van der Waals surface area (Å²) in [4.78, 5) is 26.2. The Labute approximate surface area is 158 Å². The van der Waals surface area contributed by atoms with Crippen molar-refractivity contribution in [3.8, 4) is 11.3 Å². The molecule has 1 aliphatic rings. The molecule has 0 atom stereocenters. The smallest absolute Gasteiger partial charge is 0.410 e. The summed E-state index contributed by atoms with van der Waals surface area (Å²) in [5.74, 6) is 0.289.